The molecule has 2 N–H and O–H groups in total. The summed E-state index contributed by atoms with van der Waals surface area (Å²) in [5.41, 5.74) is 5.94. The van der Waals surface area contributed by atoms with Crippen LogP contribution >= 0.6 is 0 Å². The van der Waals surface area contributed by atoms with E-state index in [-0.39, 0.29) is 23.6 Å². The minimum absolute atomic E-state index is 0.0781. The Labute approximate surface area is 102 Å². The molecule has 0 aliphatic heterocycles. The van der Waals surface area contributed by atoms with Crippen molar-refractivity contribution in [2.24, 2.45) is 5.73 Å². The summed E-state index contributed by atoms with van der Waals surface area (Å²) in [5.74, 6) is -0.627. The van der Waals surface area contributed by atoms with Crippen LogP contribution in [-0.2, 0) is 22.1 Å². The van der Waals surface area contributed by atoms with Gasteiger partial charge in [0.15, 0.2) is 9.84 Å². The van der Waals surface area contributed by atoms with E-state index >= 15 is 0 Å². The van der Waals surface area contributed by atoms with Crippen LogP contribution in [0.2, 0.25) is 0 Å². The minimum Gasteiger partial charge on any atom is -0.326 e. The molecule has 0 radical (unpaired) electrons. The molecule has 5 heteroatoms. The third kappa shape index (κ3) is 4.09. The molecule has 0 amide bonds. The highest BCUT2D eigenvalue weighted by Gasteiger charge is 2.15. The molecular weight excluding hydrogens is 241 g/mol. The molecule has 0 aliphatic carbocycles. The Morgan fingerprint density at radius 1 is 1.29 bits per heavy atom. The first kappa shape index (κ1) is 14.1. The van der Waals surface area contributed by atoms with Gasteiger partial charge >= 0.3 is 0 Å². The van der Waals surface area contributed by atoms with Crippen LogP contribution in [-0.4, -0.2) is 14.2 Å². The molecule has 3 nitrogen and oxygen atoms in total. The molecule has 0 unspecified atom stereocenters. The summed E-state index contributed by atoms with van der Waals surface area (Å²) in [6, 6.07) is 4.70. The van der Waals surface area contributed by atoms with E-state index in [1.807, 2.05) is 6.92 Å². The zero-order valence-electron chi connectivity index (χ0n) is 9.95. The van der Waals surface area contributed by atoms with E-state index in [4.69, 9.17) is 5.73 Å². The second-order valence-corrected chi connectivity index (χ2v) is 6.22. The molecule has 1 aromatic rings. The lowest BCUT2D eigenvalue weighted by Gasteiger charge is -2.07. The van der Waals surface area contributed by atoms with Crippen molar-refractivity contribution >= 4 is 9.84 Å². The fourth-order valence-corrected chi connectivity index (χ4v) is 3.15. The van der Waals surface area contributed by atoms with Crippen molar-refractivity contribution in [3.63, 3.8) is 0 Å². The van der Waals surface area contributed by atoms with Crippen molar-refractivity contribution in [2.75, 3.05) is 5.75 Å². The largest absolute Gasteiger partial charge is 0.326 e. The summed E-state index contributed by atoms with van der Waals surface area (Å²) in [6.45, 7) is 2.00. The topological polar surface area (TPSA) is 60.2 Å². The Morgan fingerprint density at radius 2 is 1.94 bits per heavy atom. The number of rotatable bonds is 6. The first-order valence-corrected chi connectivity index (χ1v) is 7.49. The molecule has 1 rings (SSSR count). The van der Waals surface area contributed by atoms with Crippen molar-refractivity contribution in [1.29, 1.82) is 0 Å². The third-order valence-corrected chi connectivity index (χ3v) is 4.22. The Bertz CT molecular complexity index is 471. The van der Waals surface area contributed by atoms with Crippen LogP contribution in [0, 0.1) is 5.82 Å². The summed E-state index contributed by atoms with van der Waals surface area (Å²) < 4.78 is 37.2. The second kappa shape index (κ2) is 6.12. The van der Waals surface area contributed by atoms with Crippen LogP contribution < -0.4 is 5.73 Å². The van der Waals surface area contributed by atoms with Gasteiger partial charge < -0.3 is 5.73 Å². The van der Waals surface area contributed by atoms with E-state index < -0.39 is 15.7 Å². The summed E-state index contributed by atoms with van der Waals surface area (Å²) in [6.07, 6.45) is 1.42. The van der Waals surface area contributed by atoms with Crippen LogP contribution in [0.3, 0.4) is 0 Å². The molecule has 0 fully saturated rings. The number of nitrogens with two attached hydrogens (primary N) is 1. The zero-order chi connectivity index (χ0) is 12.9. The van der Waals surface area contributed by atoms with Gasteiger partial charge in [-0.1, -0.05) is 31.5 Å². The Morgan fingerprint density at radius 3 is 2.53 bits per heavy atom. The summed E-state index contributed by atoms with van der Waals surface area (Å²) in [4.78, 5) is 0. The second-order valence-electron chi connectivity index (χ2n) is 4.04. The quantitative estimate of drug-likeness (QED) is 0.850. The average Bonchev–Trinajstić information content (AvgIpc) is 2.29. The molecule has 0 heterocycles. The number of hydrogen-bond donors (Lipinski definition) is 1. The summed E-state index contributed by atoms with van der Waals surface area (Å²) in [7, 11) is -3.23. The van der Waals surface area contributed by atoms with Gasteiger partial charge in [0, 0.05) is 17.7 Å². The predicted molar refractivity (Wildman–Crippen MR) is 66.7 cm³/mol. The molecular formula is C12H18FNO2S. The lowest BCUT2D eigenvalue weighted by molar-refractivity contribution is 0.580. The van der Waals surface area contributed by atoms with Crippen LogP contribution in [0.25, 0.3) is 0 Å². The van der Waals surface area contributed by atoms with Crippen LogP contribution in [0.5, 0.6) is 0 Å². The highest BCUT2D eigenvalue weighted by molar-refractivity contribution is 7.90. The lowest BCUT2D eigenvalue weighted by Crippen LogP contribution is -2.11. The molecule has 17 heavy (non-hydrogen) atoms. The normalized spacial score (nSPS) is 11.7. The lowest BCUT2D eigenvalue weighted by atomic mass is 10.1. The number of halogens is 1. The maximum Gasteiger partial charge on any atom is 0.154 e. The highest BCUT2D eigenvalue weighted by Crippen LogP contribution is 2.16. The van der Waals surface area contributed by atoms with Gasteiger partial charge in [-0.25, -0.2) is 12.8 Å². The molecule has 0 spiro atoms. The van der Waals surface area contributed by atoms with Crippen LogP contribution in [0.15, 0.2) is 18.2 Å². The Kier molecular flexibility index (Phi) is 5.08. The van der Waals surface area contributed by atoms with Gasteiger partial charge in [0.25, 0.3) is 0 Å². The molecule has 0 saturated heterocycles. The van der Waals surface area contributed by atoms with E-state index in [1.165, 1.54) is 6.07 Å². The van der Waals surface area contributed by atoms with Gasteiger partial charge in [-0.15, -0.1) is 0 Å². The summed E-state index contributed by atoms with van der Waals surface area (Å²) in [5, 5.41) is 0. The third-order valence-electron chi connectivity index (χ3n) is 2.56. The van der Waals surface area contributed by atoms with E-state index in [9.17, 15) is 12.8 Å². The SMILES string of the molecule is CCCCS(=O)(=O)Cc1cccc(CN)c1F. The zero-order valence-corrected chi connectivity index (χ0v) is 10.8. The number of sulfone groups is 1. The molecule has 0 atom stereocenters. The van der Waals surface area contributed by atoms with Gasteiger partial charge in [-0.3, -0.25) is 0 Å². The smallest absolute Gasteiger partial charge is 0.154 e. The van der Waals surface area contributed by atoms with Crippen LogP contribution in [0.1, 0.15) is 30.9 Å². The fraction of sp³-hybridized carbons (Fsp3) is 0.500. The molecule has 0 saturated carbocycles. The van der Waals surface area contributed by atoms with E-state index in [1.54, 1.807) is 12.1 Å². The summed E-state index contributed by atoms with van der Waals surface area (Å²) >= 11 is 0. The number of benzene rings is 1. The average molecular weight is 259 g/mol. The van der Waals surface area contributed by atoms with Crippen molar-refractivity contribution < 1.29 is 12.8 Å². The van der Waals surface area contributed by atoms with Gasteiger partial charge in [-0.05, 0) is 6.42 Å². The van der Waals surface area contributed by atoms with Crippen molar-refractivity contribution in [1.82, 2.24) is 0 Å². The molecule has 96 valence electrons. The maximum atomic E-state index is 13.8. The fourth-order valence-electron chi connectivity index (χ4n) is 1.58. The predicted octanol–water partition coefficient (Wildman–Crippen LogP) is 2.00. The molecule has 0 aromatic heterocycles. The molecule has 1 aromatic carbocycles. The van der Waals surface area contributed by atoms with Gasteiger partial charge in [0.05, 0.1) is 11.5 Å². The standard InChI is InChI=1S/C12H18FNO2S/c1-2-3-7-17(15,16)9-11-6-4-5-10(8-14)12(11)13/h4-6H,2-3,7-9,14H2,1H3. The number of hydrogen-bond acceptors (Lipinski definition) is 3. The molecule has 0 aliphatic rings. The van der Waals surface area contributed by atoms with Crippen LogP contribution in [0.4, 0.5) is 4.39 Å². The monoisotopic (exact) mass is 259 g/mol. The molecule has 0 bridgehead atoms. The Hall–Kier alpha value is -0.940. The minimum atomic E-state index is -3.23. The van der Waals surface area contributed by atoms with E-state index in [0.29, 0.717) is 12.0 Å². The maximum absolute atomic E-state index is 13.8. The van der Waals surface area contributed by atoms with Gasteiger partial charge in [0.2, 0.25) is 0 Å². The Balaban J connectivity index is 2.88. The van der Waals surface area contributed by atoms with E-state index in [0.717, 1.165) is 6.42 Å². The van der Waals surface area contributed by atoms with Crippen molar-refractivity contribution in [3.8, 4) is 0 Å². The van der Waals surface area contributed by atoms with Gasteiger partial charge in [-0.2, -0.15) is 0 Å². The van der Waals surface area contributed by atoms with Crippen molar-refractivity contribution in [3.05, 3.63) is 35.1 Å². The van der Waals surface area contributed by atoms with Gasteiger partial charge in [0.1, 0.15) is 5.82 Å². The van der Waals surface area contributed by atoms with E-state index in [2.05, 4.69) is 0 Å². The first-order valence-electron chi connectivity index (χ1n) is 5.67. The first-order chi connectivity index (χ1) is 8.00. The number of unbranched alkanes of at least 4 members (excludes halogenated alkanes) is 1. The highest BCUT2D eigenvalue weighted by atomic mass is 32.2. The van der Waals surface area contributed by atoms with Crippen molar-refractivity contribution in [2.45, 2.75) is 32.1 Å².